The molecule has 0 saturated heterocycles. The summed E-state index contributed by atoms with van der Waals surface area (Å²) >= 11 is 0.501. The molecule has 6 heteroatoms. The first-order valence-electron chi connectivity index (χ1n) is 6.83. The minimum atomic E-state index is -1.09. The lowest BCUT2D eigenvalue weighted by Crippen LogP contribution is -2.40. The number of thiazole rings is 1. The maximum Gasteiger partial charge on any atom is 0.136 e. The summed E-state index contributed by atoms with van der Waals surface area (Å²) in [6.07, 6.45) is 1.84. The highest BCUT2D eigenvalue weighted by molar-refractivity contribution is 7.90. The van der Waals surface area contributed by atoms with Crippen LogP contribution >= 0.6 is 11.3 Å². The Balaban J connectivity index is 2.10. The molecule has 0 bridgehead atoms. The van der Waals surface area contributed by atoms with Crippen molar-refractivity contribution >= 4 is 22.7 Å². The van der Waals surface area contributed by atoms with E-state index in [-0.39, 0.29) is 10.8 Å². The van der Waals surface area contributed by atoms with Crippen LogP contribution in [0.3, 0.4) is 0 Å². The fraction of sp³-hybridized carbons (Fsp3) is 0.467. The van der Waals surface area contributed by atoms with Gasteiger partial charge in [0.2, 0.25) is 0 Å². The fourth-order valence-corrected chi connectivity index (χ4v) is 3.34. The van der Waals surface area contributed by atoms with Crippen LogP contribution in [0.1, 0.15) is 45.0 Å². The van der Waals surface area contributed by atoms with E-state index in [1.165, 1.54) is 0 Å². The molecule has 0 aliphatic carbocycles. The fourth-order valence-electron chi connectivity index (χ4n) is 1.75. The minimum Gasteiger partial charge on any atom is -0.598 e. The molecule has 21 heavy (non-hydrogen) atoms. The van der Waals surface area contributed by atoms with E-state index < -0.39 is 11.4 Å². The summed E-state index contributed by atoms with van der Waals surface area (Å²) in [5, 5.41) is 0. The molecule has 0 aromatic carbocycles. The van der Waals surface area contributed by atoms with Gasteiger partial charge in [0, 0.05) is 17.6 Å². The molecule has 114 valence electrons. The highest BCUT2D eigenvalue weighted by atomic mass is 32.2. The van der Waals surface area contributed by atoms with Crippen molar-refractivity contribution in [3.8, 4) is 10.6 Å². The number of hydrogen-bond donors (Lipinski definition) is 1. The molecule has 2 rings (SSSR count). The Bertz CT molecular complexity index is 590. The van der Waals surface area contributed by atoms with E-state index >= 15 is 0 Å². The Labute approximate surface area is 133 Å². The van der Waals surface area contributed by atoms with Gasteiger partial charge >= 0.3 is 0 Å². The molecule has 1 unspecified atom stereocenters. The zero-order chi connectivity index (χ0) is 15.6. The molecule has 2 aromatic heterocycles. The quantitative estimate of drug-likeness (QED) is 0.873. The molecule has 0 spiro atoms. The second-order valence-corrected chi connectivity index (χ2v) is 8.82. The van der Waals surface area contributed by atoms with Gasteiger partial charge in [-0.05, 0) is 46.2 Å². The first-order valence-corrected chi connectivity index (χ1v) is 8.86. The predicted octanol–water partition coefficient (Wildman–Crippen LogP) is 3.63. The molecule has 0 fully saturated rings. The Hall–Kier alpha value is -0.950. The molecule has 2 heterocycles. The van der Waals surface area contributed by atoms with Crippen LogP contribution in [0, 0.1) is 6.92 Å². The zero-order valence-electron chi connectivity index (χ0n) is 13.0. The summed E-state index contributed by atoms with van der Waals surface area (Å²) in [7, 11) is 0. The van der Waals surface area contributed by atoms with Crippen LogP contribution in [0.5, 0.6) is 0 Å². The Kier molecular flexibility index (Phi) is 5.03. The number of hydrogen-bond acceptors (Lipinski definition) is 5. The normalized spacial score (nSPS) is 15.0. The first kappa shape index (κ1) is 16.4. The van der Waals surface area contributed by atoms with Crippen molar-refractivity contribution in [1.29, 1.82) is 0 Å². The Morgan fingerprint density at radius 1 is 1.29 bits per heavy atom. The number of rotatable bonds is 4. The molecular weight excluding hydrogens is 302 g/mol. The van der Waals surface area contributed by atoms with Crippen molar-refractivity contribution < 1.29 is 4.55 Å². The van der Waals surface area contributed by atoms with Crippen LogP contribution in [0.15, 0.2) is 23.8 Å². The van der Waals surface area contributed by atoms with Crippen molar-refractivity contribution in [3.63, 3.8) is 0 Å². The number of aromatic nitrogens is 2. The Morgan fingerprint density at radius 3 is 2.48 bits per heavy atom. The van der Waals surface area contributed by atoms with E-state index in [2.05, 4.69) is 14.7 Å². The van der Waals surface area contributed by atoms with Gasteiger partial charge in [-0.25, -0.2) is 4.98 Å². The van der Waals surface area contributed by atoms with Crippen LogP contribution in [0.2, 0.25) is 0 Å². The summed E-state index contributed by atoms with van der Waals surface area (Å²) in [6.45, 7) is 9.85. The van der Waals surface area contributed by atoms with E-state index in [1.807, 2.05) is 58.5 Å². The molecule has 4 nitrogen and oxygen atoms in total. The van der Waals surface area contributed by atoms with E-state index in [0.29, 0.717) is 0 Å². The number of pyridine rings is 1. The Morgan fingerprint density at radius 2 is 2.00 bits per heavy atom. The van der Waals surface area contributed by atoms with Crippen molar-refractivity contribution in [2.45, 2.75) is 45.4 Å². The maximum absolute atomic E-state index is 12.1. The monoisotopic (exact) mass is 323 g/mol. The lowest BCUT2D eigenvalue weighted by atomic mass is 10.1. The van der Waals surface area contributed by atoms with Gasteiger partial charge in [0.1, 0.15) is 4.75 Å². The molecule has 0 aliphatic rings. The van der Waals surface area contributed by atoms with Crippen LogP contribution in [-0.2, 0) is 11.4 Å². The largest absolute Gasteiger partial charge is 0.598 e. The second-order valence-electron chi connectivity index (χ2n) is 5.96. The van der Waals surface area contributed by atoms with E-state index in [1.54, 1.807) is 11.3 Å². The standard InChI is InChI=1S/C15H21N3OS2/c1-10(18-21(19)15(3,4)5)12-6-7-13(16-8-12)14-11(2)17-9-20-14/h6-10,18H,1-5H3/t10-,21?/m0/s1. The lowest BCUT2D eigenvalue weighted by molar-refractivity contribution is 0.531. The van der Waals surface area contributed by atoms with Crippen molar-refractivity contribution in [3.05, 3.63) is 35.1 Å². The predicted molar refractivity (Wildman–Crippen MR) is 89.5 cm³/mol. The third-order valence-corrected chi connectivity index (χ3v) is 5.74. The maximum atomic E-state index is 12.1. The zero-order valence-corrected chi connectivity index (χ0v) is 14.6. The van der Waals surface area contributed by atoms with Gasteiger partial charge in [0.05, 0.1) is 27.8 Å². The number of nitrogens with zero attached hydrogens (tertiary/aromatic N) is 2. The third-order valence-electron chi connectivity index (χ3n) is 3.10. The van der Waals surface area contributed by atoms with Gasteiger partial charge in [-0.1, -0.05) is 6.07 Å². The summed E-state index contributed by atoms with van der Waals surface area (Å²) in [4.78, 5) is 9.84. The van der Waals surface area contributed by atoms with E-state index in [0.717, 1.165) is 21.8 Å². The van der Waals surface area contributed by atoms with Gasteiger partial charge in [-0.15, -0.1) is 16.1 Å². The molecule has 2 aromatic rings. The van der Waals surface area contributed by atoms with Gasteiger partial charge in [-0.3, -0.25) is 4.98 Å². The smallest absolute Gasteiger partial charge is 0.136 e. The van der Waals surface area contributed by atoms with Gasteiger partial charge in [-0.2, -0.15) is 0 Å². The van der Waals surface area contributed by atoms with Gasteiger partial charge in [0.25, 0.3) is 0 Å². The molecule has 1 N–H and O–H groups in total. The lowest BCUT2D eigenvalue weighted by Gasteiger charge is -2.26. The van der Waals surface area contributed by atoms with Crippen LogP contribution in [0.4, 0.5) is 0 Å². The van der Waals surface area contributed by atoms with Crippen molar-refractivity contribution in [2.24, 2.45) is 0 Å². The summed E-state index contributed by atoms with van der Waals surface area (Å²) in [5.74, 6) is 0. The highest BCUT2D eigenvalue weighted by Crippen LogP contribution is 2.26. The molecule has 0 amide bonds. The average Bonchev–Trinajstić information content (AvgIpc) is 2.84. The highest BCUT2D eigenvalue weighted by Gasteiger charge is 2.28. The molecule has 0 radical (unpaired) electrons. The van der Waals surface area contributed by atoms with Gasteiger partial charge < -0.3 is 4.55 Å². The molecular formula is C15H21N3OS2. The van der Waals surface area contributed by atoms with Crippen molar-refractivity contribution in [1.82, 2.24) is 14.7 Å². The molecule has 0 saturated carbocycles. The SMILES string of the molecule is Cc1ncsc1-c1ccc([C@H](C)N[S+]([O-])C(C)(C)C)cn1. The summed E-state index contributed by atoms with van der Waals surface area (Å²) in [6, 6.07) is 4.02. The first-order chi connectivity index (χ1) is 9.79. The van der Waals surface area contributed by atoms with Crippen LogP contribution < -0.4 is 4.72 Å². The second kappa shape index (κ2) is 6.44. The van der Waals surface area contributed by atoms with Crippen LogP contribution in [-0.4, -0.2) is 19.3 Å². The van der Waals surface area contributed by atoms with Crippen LogP contribution in [0.25, 0.3) is 10.6 Å². The van der Waals surface area contributed by atoms with E-state index in [9.17, 15) is 4.55 Å². The summed E-state index contributed by atoms with van der Waals surface area (Å²) < 4.78 is 15.0. The minimum absolute atomic E-state index is 0.00540. The molecule has 2 atom stereocenters. The third kappa shape index (κ3) is 4.03. The molecule has 0 aliphatic heterocycles. The number of nitrogens with one attached hydrogen (secondary N) is 1. The van der Waals surface area contributed by atoms with E-state index in [4.69, 9.17) is 0 Å². The average molecular weight is 323 g/mol. The number of aryl methyl sites for hydroxylation is 1. The topological polar surface area (TPSA) is 60.9 Å². The van der Waals surface area contributed by atoms with Gasteiger partial charge in [0.15, 0.2) is 0 Å². The summed E-state index contributed by atoms with van der Waals surface area (Å²) in [5.41, 5.74) is 4.79. The van der Waals surface area contributed by atoms with Crippen molar-refractivity contribution in [2.75, 3.05) is 0 Å².